The predicted octanol–water partition coefficient (Wildman–Crippen LogP) is 8.41. The zero-order valence-corrected chi connectivity index (χ0v) is 22.8. The number of hydrogen-bond acceptors (Lipinski definition) is 0. The van der Waals surface area contributed by atoms with Crippen LogP contribution in [0.4, 0.5) is 0 Å². The van der Waals surface area contributed by atoms with Crippen LogP contribution in [0.5, 0.6) is 0 Å². The molecule has 4 heteroatoms. The van der Waals surface area contributed by atoms with E-state index in [2.05, 4.69) is 153 Å². The van der Waals surface area contributed by atoms with Crippen LogP contribution < -0.4 is 0 Å². The van der Waals surface area contributed by atoms with Gasteiger partial charge in [-0.2, -0.15) is 0 Å². The van der Waals surface area contributed by atoms with Crippen molar-refractivity contribution in [2.45, 2.75) is 16.7 Å². The third-order valence-electron chi connectivity index (χ3n) is 5.44. The van der Waals surface area contributed by atoms with Gasteiger partial charge in [0.1, 0.15) is 2.86 Å². The van der Waals surface area contributed by atoms with Gasteiger partial charge in [0.05, 0.1) is 0 Å². The third-order valence-corrected chi connectivity index (χ3v) is 10.1. The monoisotopic (exact) mass is 786 g/mol. The number of alkyl halides is 4. The lowest BCUT2D eigenvalue weighted by Crippen LogP contribution is -2.08. The highest BCUT2D eigenvalue weighted by Crippen LogP contribution is 2.63. The second-order valence-corrected chi connectivity index (χ2v) is 17.8. The molecule has 0 aromatic heterocycles. The lowest BCUT2D eigenvalue weighted by Gasteiger charge is -2.20. The zero-order valence-electron chi connectivity index (χ0n) is 14.1. The largest absolute Gasteiger partial charge is 0.124 e. The number of rotatable bonds is 0. The Bertz CT molecular complexity index is 1020. The molecule has 0 nitrogen and oxygen atoms in total. The molecule has 0 aliphatic heterocycles. The summed E-state index contributed by atoms with van der Waals surface area (Å²) in [5.41, 5.74) is 14.0. The molecule has 5 rings (SSSR count). The molecule has 0 atom stereocenters. The topological polar surface area (TPSA) is 0 Å². The summed E-state index contributed by atoms with van der Waals surface area (Å²) >= 11 is 10.5. The molecule has 26 heavy (non-hydrogen) atoms. The highest BCUT2D eigenvalue weighted by molar-refractivity contribution is 14.2. The summed E-state index contributed by atoms with van der Waals surface area (Å²) in [5, 5.41) is 0. The highest BCUT2D eigenvalue weighted by atomic mass is 127. The molecule has 0 fully saturated rings. The maximum Gasteiger partial charge on any atom is 0.124 e. The van der Waals surface area contributed by atoms with E-state index in [0.717, 1.165) is 0 Å². The summed E-state index contributed by atoms with van der Waals surface area (Å²) in [5.74, 6) is 0. The van der Waals surface area contributed by atoms with Gasteiger partial charge in [-0.15, -0.1) is 0 Å². The molecule has 0 radical (unpaired) electrons. The van der Waals surface area contributed by atoms with E-state index >= 15 is 0 Å². The first-order valence-corrected chi connectivity index (χ1v) is 12.7. The summed E-state index contributed by atoms with van der Waals surface area (Å²) in [4.78, 5) is 0. The lowest BCUT2D eigenvalue weighted by molar-refractivity contribution is 1.20. The minimum atomic E-state index is -0.00606. The van der Waals surface area contributed by atoms with Gasteiger partial charge in [0.15, 0.2) is 0 Å². The van der Waals surface area contributed by atoms with Crippen molar-refractivity contribution in [3.8, 4) is 22.3 Å². The maximum atomic E-state index is 2.63. The third kappa shape index (κ3) is 2.46. The standard InChI is InChI=1S/C22H14I4/c1-11-3-5-13-15-9-20-16(10-19(15)21(23,24)17(13)7-11)14-6-4-12(2)8-18(14)22(20,25)26/h3-10H,1-2H3. The minimum Gasteiger partial charge on any atom is -0.0587 e. The van der Waals surface area contributed by atoms with Crippen molar-refractivity contribution in [2.24, 2.45) is 0 Å². The summed E-state index contributed by atoms with van der Waals surface area (Å²) in [6.07, 6.45) is 0. The van der Waals surface area contributed by atoms with Gasteiger partial charge in [0.25, 0.3) is 0 Å². The Balaban J connectivity index is 1.84. The van der Waals surface area contributed by atoms with Gasteiger partial charge in [-0.3, -0.25) is 0 Å². The Hall–Kier alpha value is 0.580. The van der Waals surface area contributed by atoms with Gasteiger partial charge in [-0.25, -0.2) is 0 Å². The van der Waals surface area contributed by atoms with Crippen LogP contribution in [0.2, 0.25) is 0 Å². The van der Waals surface area contributed by atoms with E-state index in [0.29, 0.717) is 0 Å². The molecule has 0 amide bonds. The molecular formula is C22H14I4. The van der Waals surface area contributed by atoms with Gasteiger partial charge in [0.2, 0.25) is 0 Å². The van der Waals surface area contributed by atoms with E-state index < -0.39 is 0 Å². The van der Waals surface area contributed by atoms with Crippen LogP contribution in [0.3, 0.4) is 0 Å². The molecule has 0 unspecified atom stereocenters. The van der Waals surface area contributed by atoms with Crippen molar-refractivity contribution in [2.75, 3.05) is 0 Å². The van der Waals surface area contributed by atoms with Gasteiger partial charge >= 0.3 is 0 Å². The molecule has 0 spiro atoms. The molecular weight excluding hydrogens is 772 g/mol. The van der Waals surface area contributed by atoms with Crippen LogP contribution in [-0.2, 0) is 2.86 Å². The summed E-state index contributed by atoms with van der Waals surface area (Å²) in [6.45, 7) is 4.37. The molecule has 0 saturated carbocycles. The summed E-state index contributed by atoms with van der Waals surface area (Å²) < 4.78 is -0.0121. The van der Waals surface area contributed by atoms with Crippen molar-refractivity contribution in [1.82, 2.24) is 0 Å². The smallest absolute Gasteiger partial charge is 0.0587 e. The van der Waals surface area contributed by atoms with E-state index in [4.69, 9.17) is 0 Å². The SMILES string of the molecule is Cc1ccc2c(c1)C(I)(I)c1cc3c(cc1-2)C(I)(I)c1cc(C)ccc1-3. The first kappa shape index (κ1) is 18.6. The van der Waals surface area contributed by atoms with Crippen LogP contribution in [0.1, 0.15) is 33.4 Å². The number of aryl methyl sites for hydroxylation is 2. The lowest BCUT2D eigenvalue weighted by atomic mass is 9.98. The molecule has 0 saturated heterocycles. The number of hydrogen-bond donors (Lipinski definition) is 0. The predicted molar refractivity (Wildman–Crippen MR) is 144 cm³/mol. The fraction of sp³-hybridized carbons (Fsp3) is 0.182. The molecule has 130 valence electrons. The first-order valence-electron chi connectivity index (χ1n) is 8.39. The van der Waals surface area contributed by atoms with E-state index in [1.165, 1.54) is 55.6 Å². The Morgan fingerprint density at radius 3 is 1.23 bits per heavy atom. The van der Waals surface area contributed by atoms with E-state index in [1.807, 2.05) is 0 Å². The second-order valence-electron chi connectivity index (χ2n) is 7.19. The Labute approximate surface area is 208 Å². The molecule has 0 bridgehead atoms. The van der Waals surface area contributed by atoms with Crippen molar-refractivity contribution < 1.29 is 0 Å². The fourth-order valence-electron chi connectivity index (χ4n) is 4.16. The molecule has 0 N–H and O–H groups in total. The second kappa shape index (κ2) is 6.04. The molecule has 2 aliphatic rings. The van der Waals surface area contributed by atoms with Crippen LogP contribution in [0.25, 0.3) is 22.3 Å². The van der Waals surface area contributed by atoms with Crippen LogP contribution in [0.15, 0.2) is 48.5 Å². The zero-order chi connectivity index (χ0) is 18.4. The van der Waals surface area contributed by atoms with E-state index in [9.17, 15) is 0 Å². The van der Waals surface area contributed by atoms with Gasteiger partial charge in [0, 0.05) is 0 Å². The average molecular weight is 786 g/mol. The number of benzene rings is 3. The van der Waals surface area contributed by atoms with Crippen LogP contribution in [0, 0.1) is 13.8 Å². The van der Waals surface area contributed by atoms with Gasteiger partial charge in [-0.1, -0.05) is 138 Å². The van der Waals surface area contributed by atoms with Gasteiger partial charge in [-0.05, 0) is 70.5 Å². The summed E-state index contributed by atoms with van der Waals surface area (Å²) in [7, 11) is 0. The quantitative estimate of drug-likeness (QED) is 0.159. The Morgan fingerprint density at radius 2 is 0.846 bits per heavy atom. The average Bonchev–Trinajstić information content (AvgIpc) is 2.93. The van der Waals surface area contributed by atoms with Crippen molar-refractivity contribution in [1.29, 1.82) is 0 Å². The highest BCUT2D eigenvalue weighted by Gasteiger charge is 2.44. The van der Waals surface area contributed by atoms with Gasteiger partial charge < -0.3 is 0 Å². The molecule has 2 aliphatic carbocycles. The number of fused-ring (bicyclic) bond motifs is 6. The molecule has 3 aromatic carbocycles. The van der Waals surface area contributed by atoms with Crippen molar-refractivity contribution in [3.05, 3.63) is 81.9 Å². The normalized spacial score (nSPS) is 17.5. The van der Waals surface area contributed by atoms with E-state index in [1.54, 1.807) is 0 Å². The van der Waals surface area contributed by atoms with E-state index in [-0.39, 0.29) is 2.86 Å². The Morgan fingerprint density at radius 1 is 0.500 bits per heavy atom. The first-order chi connectivity index (χ1) is 12.2. The fourth-order valence-corrected chi connectivity index (χ4v) is 7.73. The maximum absolute atomic E-state index is 2.63. The molecule has 0 heterocycles. The van der Waals surface area contributed by atoms with Crippen LogP contribution >= 0.6 is 90.4 Å². The Kier molecular flexibility index (Phi) is 4.32. The van der Waals surface area contributed by atoms with Crippen molar-refractivity contribution >= 4 is 90.4 Å². The van der Waals surface area contributed by atoms with Crippen LogP contribution in [-0.4, -0.2) is 0 Å². The summed E-state index contributed by atoms with van der Waals surface area (Å²) in [6, 6.07) is 18.7. The number of halogens is 4. The van der Waals surface area contributed by atoms with Crippen molar-refractivity contribution in [3.63, 3.8) is 0 Å². The minimum absolute atomic E-state index is 0.00606. The molecule has 3 aromatic rings.